The third-order valence-electron chi connectivity index (χ3n) is 3.42. The van der Waals surface area contributed by atoms with Crippen LogP contribution in [0.4, 0.5) is 0 Å². The minimum atomic E-state index is 0.0212. The maximum absolute atomic E-state index is 9.55. The predicted octanol–water partition coefficient (Wildman–Crippen LogP) is 3.23. The van der Waals surface area contributed by atoms with Gasteiger partial charge < -0.3 is 10.0 Å². The summed E-state index contributed by atoms with van der Waals surface area (Å²) in [5, 5.41) is 9.55. The summed E-state index contributed by atoms with van der Waals surface area (Å²) in [6.07, 6.45) is 2.19. The number of benzene rings is 1. The molecule has 1 N–H and O–H groups in total. The number of aliphatic hydroxyl groups is 1. The van der Waals surface area contributed by atoms with E-state index in [0.717, 1.165) is 25.9 Å². The zero-order chi connectivity index (χ0) is 13.6. The van der Waals surface area contributed by atoms with Crippen LogP contribution in [-0.2, 0) is 6.54 Å². The molecule has 1 aromatic rings. The molecule has 1 unspecified atom stereocenters. The summed E-state index contributed by atoms with van der Waals surface area (Å²) in [7, 11) is 2.13. The summed E-state index contributed by atoms with van der Waals surface area (Å²) in [6, 6.07) is 8.63. The molecule has 0 saturated heterocycles. The van der Waals surface area contributed by atoms with Crippen LogP contribution in [0.3, 0.4) is 0 Å². The molecule has 102 valence electrons. The Kier molecular flexibility index (Phi) is 5.83. The first kappa shape index (κ1) is 15.2. The summed E-state index contributed by atoms with van der Waals surface area (Å²) in [4.78, 5) is 2.31. The fraction of sp³-hybridized carbons (Fsp3) is 0.625. The monoisotopic (exact) mass is 249 g/mol. The molecule has 2 nitrogen and oxygen atoms in total. The van der Waals surface area contributed by atoms with E-state index in [2.05, 4.69) is 57.0 Å². The molecule has 0 aliphatic carbocycles. The second kappa shape index (κ2) is 6.91. The zero-order valence-electron chi connectivity index (χ0n) is 12.2. The Morgan fingerprint density at radius 1 is 1.33 bits per heavy atom. The zero-order valence-corrected chi connectivity index (χ0v) is 12.2. The summed E-state index contributed by atoms with van der Waals surface area (Å²) in [5.74, 6) is 0. The van der Waals surface area contributed by atoms with Gasteiger partial charge in [0.1, 0.15) is 0 Å². The molecule has 0 radical (unpaired) electrons. The van der Waals surface area contributed by atoms with Crippen molar-refractivity contribution in [1.82, 2.24) is 4.90 Å². The van der Waals surface area contributed by atoms with Gasteiger partial charge in [0.15, 0.2) is 0 Å². The van der Waals surface area contributed by atoms with Crippen molar-refractivity contribution in [2.75, 3.05) is 20.2 Å². The van der Waals surface area contributed by atoms with E-state index in [0.29, 0.717) is 0 Å². The van der Waals surface area contributed by atoms with E-state index in [1.54, 1.807) is 0 Å². The molecule has 1 rings (SSSR count). The van der Waals surface area contributed by atoms with Crippen LogP contribution in [0.15, 0.2) is 24.3 Å². The molecule has 18 heavy (non-hydrogen) atoms. The highest BCUT2D eigenvalue weighted by Gasteiger charge is 2.24. The van der Waals surface area contributed by atoms with Crippen LogP contribution in [0.2, 0.25) is 0 Å². The standard InChI is InChI=1S/C16H27NO/c1-5-9-16(3,13-18)12-17(4)11-15-8-6-7-14(2)10-15/h6-8,10,18H,5,9,11-13H2,1-4H3. The fourth-order valence-corrected chi connectivity index (χ4v) is 2.64. The topological polar surface area (TPSA) is 23.5 Å². The quantitative estimate of drug-likeness (QED) is 0.802. The maximum Gasteiger partial charge on any atom is 0.0497 e. The number of aliphatic hydroxyl groups excluding tert-OH is 1. The van der Waals surface area contributed by atoms with Crippen LogP contribution in [0, 0.1) is 12.3 Å². The average molecular weight is 249 g/mol. The lowest BCUT2D eigenvalue weighted by Crippen LogP contribution is -2.35. The largest absolute Gasteiger partial charge is 0.396 e. The molecule has 0 bridgehead atoms. The Morgan fingerprint density at radius 2 is 2.06 bits per heavy atom. The van der Waals surface area contributed by atoms with Crippen LogP contribution < -0.4 is 0 Å². The van der Waals surface area contributed by atoms with Gasteiger partial charge in [-0.2, -0.15) is 0 Å². The summed E-state index contributed by atoms with van der Waals surface area (Å²) in [6.45, 7) is 8.61. The van der Waals surface area contributed by atoms with E-state index < -0.39 is 0 Å². The first-order valence-corrected chi connectivity index (χ1v) is 6.84. The van der Waals surface area contributed by atoms with Crippen LogP contribution in [-0.4, -0.2) is 30.2 Å². The van der Waals surface area contributed by atoms with Crippen LogP contribution in [0.25, 0.3) is 0 Å². The lowest BCUT2D eigenvalue weighted by molar-refractivity contribution is 0.0878. The number of hydrogen-bond acceptors (Lipinski definition) is 2. The molecule has 0 aromatic heterocycles. The van der Waals surface area contributed by atoms with Gasteiger partial charge in [0, 0.05) is 25.1 Å². The molecule has 0 aliphatic heterocycles. The van der Waals surface area contributed by atoms with Crippen LogP contribution in [0.1, 0.15) is 37.8 Å². The van der Waals surface area contributed by atoms with Crippen molar-refractivity contribution >= 4 is 0 Å². The van der Waals surface area contributed by atoms with E-state index >= 15 is 0 Å². The summed E-state index contributed by atoms with van der Waals surface area (Å²) >= 11 is 0. The van der Waals surface area contributed by atoms with Gasteiger partial charge in [0.25, 0.3) is 0 Å². The Labute approximate surface area is 112 Å². The van der Waals surface area contributed by atoms with Gasteiger partial charge in [-0.15, -0.1) is 0 Å². The molecular formula is C16H27NO. The smallest absolute Gasteiger partial charge is 0.0497 e. The van der Waals surface area contributed by atoms with Crippen LogP contribution in [0.5, 0.6) is 0 Å². The second-order valence-corrected chi connectivity index (χ2v) is 5.88. The molecule has 0 spiro atoms. The first-order valence-electron chi connectivity index (χ1n) is 6.84. The van der Waals surface area contributed by atoms with E-state index in [1.807, 2.05) is 0 Å². The minimum absolute atomic E-state index is 0.0212. The van der Waals surface area contributed by atoms with Gasteiger partial charge in [-0.25, -0.2) is 0 Å². The maximum atomic E-state index is 9.55. The Bertz CT molecular complexity index is 364. The van der Waals surface area contributed by atoms with Crippen molar-refractivity contribution in [2.24, 2.45) is 5.41 Å². The SMILES string of the molecule is CCCC(C)(CO)CN(C)Cc1cccc(C)c1. The summed E-state index contributed by atoms with van der Waals surface area (Å²) in [5.41, 5.74) is 2.67. The number of nitrogens with zero attached hydrogens (tertiary/aromatic N) is 1. The van der Waals surface area contributed by atoms with Crippen molar-refractivity contribution in [3.8, 4) is 0 Å². The van der Waals surface area contributed by atoms with Crippen molar-refractivity contribution in [1.29, 1.82) is 0 Å². The van der Waals surface area contributed by atoms with Crippen molar-refractivity contribution in [3.05, 3.63) is 35.4 Å². The van der Waals surface area contributed by atoms with Gasteiger partial charge in [0.05, 0.1) is 0 Å². The molecule has 1 aromatic carbocycles. The number of aryl methyl sites for hydroxylation is 1. The van der Waals surface area contributed by atoms with E-state index in [4.69, 9.17) is 0 Å². The Balaban J connectivity index is 2.57. The van der Waals surface area contributed by atoms with Crippen molar-refractivity contribution in [2.45, 2.75) is 40.2 Å². The lowest BCUT2D eigenvalue weighted by atomic mass is 9.86. The normalized spacial score (nSPS) is 14.8. The van der Waals surface area contributed by atoms with E-state index in [-0.39, 0.29) is 12.0 Å². The third kappa shape index (κ3) is 4.79. The molecular weight excluding hydrogens is 222 g/mol. The van der Waals surface area contributed by atoms with Crippen molar-refractivity contribution in [3.63, 3.8) is 0 Å². The van der Waals surface area contributed by atoms with Gasteiger partial charge in [-0.3, -0.25) is 0 Å². The highest BCUT2D eigenvalue weighted by atomic mass is 16.3. The Hall–Kier alpha value is -0.860. The van der Waals surface area contributed by atoms with Crippen molar-refractivity contribution < 1.29 is 5.11 Å². The molecule has 1 atom stereocenters. The average Bonchev–Trinajstić information content (AvgIpc) is 2.29. The third-order valence-corrected chi connectivity index (χ3v) is 3.42. The molecule has 0 amide bonds. The first-order chi connectivity index (χ1) is 8.49. The van der Waals surface area contributed by atoms with E-state index in [9.17, 15) is 5.11 Å². The molecule has 0 saturated carbocycles. The predicted molar refractivity (Wildman–Crippen MR) is 77.6 cm³/mol. The molecule has 0 aliphatic rings. The summed E-state index contributed by atoms with van der Waals surface area (Å²) < 4.78 is 0. The minimum Gasteiger partial charge on any atom is -0.396 e. The lowest BCUT2D eigenvalue weighted by Gasteiger charge is -2.32. The fourth-order valence-electron chi connectivity index (χ4n) is 2.64. The van der Waals surface area contributed by atoms with Gasteiger partial charge in [-0.05, 0) is 26.0 Å². The second-order valence-electron chi connectivity index (χ2n) is 5.88. The number of hydrogen-bond donors (Lipinski definition) is 1. The Morgan fingerprint density at radius 3 is 2.61 bits per heavy atom. The van der Waals surface area contributed by atoms with E-state index in [1.165, 1.54) is 11.1 Å². The van der Waals surface area contributed by atoms with Gasteiger partial charge in [0.2, 0.25) is 0 Å². The molecule has 0 heterocycles. The number of rotatable bonds is 7. The molecule has 0 fully saturated rings. The van der Waals surface area contributed by atoms with Gasteiger partial charge in [-0.1, -0.05) is 50.1 Å². The van der Waals surface area contributed by atoms with Crippen LogP contribution >= 0.6 is 0 Å². The highest BCUT2D eigenvalue weighted by Crippen LogP contribution is 2.24. The van der Waals surface area contributed by atoms with Gasteiger partial charge >= 0.3 is 0 Å². The highest BCUT2D eigenvalue weighted by molar-refractivity contribution is 5.22. The molecule has 2 heteroatoms.